The smallest absolute Gasteiger partial charge is 0.220 e. The molecule has 0 spiro atoms. The topological polar surface area (TPSA) is 34.0 Å². The highest BCUT2D eigenvalue weighted by Gasteiger charge is 2.08. The Hall–Kier alpha value is -2.55. The number of nitrogens with one attached hydrogen (secondary N) is 1. The van der Waals surface area contributed by atoms with Gasteiger partial charge in [0.25, 0.3) is 0 Å². The molecule has 2 aromatic carbocycles. The lowest BCUT2D eigenvalue weighted by Crippen LogP contribution is -2.22. The molecule has 0 saturated carbocycles. The molecule has 1 aromatic heterocycles. The summed E-state index contributed by atoms with van der Waals surface area (Å²) in [7, 11) is 2.04. The van der Waals surface area contributed by atoms with E-state index in [2.05, 4.69) is 28.2 Å². The summed E-state index contributed by atoms with van der Waals surface area (Å²) in [5.74, 6) is 0.0942. The Balaban J connectivity index is 1.58. The third-order valence-corrected chi connectivity index (χ3v) is 3.93. The van der Waals surface area contributed by atoms with Gasteiger partial charge in [0.15, 0.2) is 0 Å². The summed E-state index contributed by atoms with van der Waals surface area (Å²) < 4.78 is 2.12. The number of nitrogens with zero attached hydrogens (tertiary/aromatic N) is 1. The van der Waals surface area contributed by atoms with Crippen LogP contribution in [0.1, 0.15) is 17.5 Å². The fourth-order valence-corrected chi connectivity index (χ4v) is 2.76. The van der Waals surface area contributed by atoms with E-state index in [9.17, 15) is 4.79 Å². The van der Waals surface area contributed by atoms with Gasteiger partial charge in [0.05, 0.1) is 0 Å². The average Bonchev–Trinajstić information content (AvgIpc) is 2.89. The van der Waals surface area contributed by atoms with Gasteiger partial charge in [-0.2, -0.15) is 0 Å². The monoisotopic (exact) mass is 292 g/mol. The van der Waals surface area contributed by atoms with Crippen LogP contribution in [0.3, 0.4) is 0 Å². The molecular weight excluding hydrogens is 272 g/mol. The first-order valence-corrected chi connectivity index (χ1v) is 7.57. The summed E-state index contributed by atoms with van der Waals surface area (Å²) in [5.41, 5.74) is 3.57. The van der Waals surface area contributed by atoms with Gasteiger partial charge in [0, 0.05) is 37.1 Å². The van der Waals surface area contributed by atoms with E-state index in [-0.39, 0.29) is 5.91 Å². The summed E-state index contributed by atoms with van der Waals surface area (Å²) in [6.45, 7) is 0.592. The predicted octanol–water partition coefficient (Wildman–Crippen LogP) is 3.43. The average molecular weight is 292 g/mol. The van der Waals surface area contributed by atoms with Crippen LogP contribution in [0.15, 0.2) is 60.8 Å². The van der Waals surface area contributed by atoms with E-state index < -0.39 is 0 Å². The molecule has 0 fully saturated rings. The molecule has 0 aliphatic heterocycles. The molecule has 0 aliphatic carbocycles. The highest BCUT2D eigenvalue weighted by atomic mass is 16.1. The molecular formula is C19H20N2O. The largest absolute Gasteiger partial charge is 0.352 e. The van der Waals surface area contributed by atoms with Crippen LogP contribution in [0.25, 0.3) is 10.9 Å². The third kappa shape index (κ3) is 3.19. The lowest BCUT2D eigenvalue weighted by molar-refractivity contribution is -0.121. The molecule has 0 radical (unpaired) electrons. The van der Waals surface area contributed by atoms with E-state index in [0.717, 1.165) is 12.0 Å². The zero-order chi connectivity index (χ0) is 15.4. The standard InChI is InChI=1S/C19H20N2O/c1-21-14-16(17-9-5-6-10-18(17)21)11-12-19(22)20-13-15-7-3-2-4-8-15/h2-10,14H,11-13H2,1H3,(H,20,22). The summed E-state index contributed by atoms with van der Waals surface area (Å²) in [6, 6.07) is 18.3. The SMILES string of the molecule is Cn1cc(CCC(=O)NCc2ccccc2)c2ccccc21. The maximum atomic E-state index is 12.0. The molecule has 112 valence electrons. The molecule has 3 aromatic rings. The van der Waals surface area contributed by atoms with Gasteiger partial charge in [-0.25, -0.2) is 0 Å². The minimum absolute atomic E-state index is 0.0942. The lowest BCUT2D eigenvalue weighted by atomic mass is 10.1. The Bertz CT molecular complexity index is 774. The van der Waals surface area contributed by atoms with Crippen LogP contribution < -0.4 is 5.32 Å². The van der Waals surface area contributed by atoms with Crippen LogP contribution in [-0.4, -0.2) is 10.5 Å². The van der Waals surface area contributed by atoms with Gasteiger partial charge >= 0.3 is 0 Å². The zero-order valence-electron chi connectivity index (χ0n) is 12.8. The van der Waals surface area contributed by atoms with Crippen molar-refractivity contribution in [3.8, 4) is 0 Å². The number of carbonyl (C=O) groups is 1. The summed E-state index contributed by atoms with van der Waals surface area (Å²) in [6.07, 6.45) is 3.40. The minimum atomic E-state index is 0.0942. The van der Waals surface area contributed by atoms with Crippen molar-refractivity contribution < 1.29 is 4.79 Å². The van der Waals surface area contributed by atoms with Gasteiger partial charge in [0.1, 0.15) is 0 Å². The Morgan fingerprint density at radius 1 is 1.05 bits per heavy atom. The number of hydrogen-bond donors (Lipinski definition) is 1. The first kappa shape index (κ1) is 14.4. The number of para-hydroxylation sites is 1. The number of rotatable bonds is 5. The number of carbonyl (C=O) groups excluding carboxylic acids is 1. The normalized spacial score (nSPS) is 10.8. The zero-order valence-corrected chi connectivity index (χ0v) is 12.8. The molecule has 0 atom stereocenters. The van der Waals surface area contributed by atoms with Crippen molar-refractivity contribution in [1.82, 2.24) is 9.88 Å². The first-order valence-electron chi connectivity index (χ1n) is 7.57. The van der Waals surface area contributed by atoms with Gasteiger partial charge in [-0.15, -0.1) is 0 Å². The van der Waals surface area contributed by atoms with Crippen LogP contribution in [0.5, 0.6) is 0 Å². The van der Waals surface area contributed by atoms with Crippen molar-refractivity contribution in [3.05, 3.63) is 71.9 Å². The van der Waals surface area contributed by atoms with Gasteiger partial charge < -0.3 is 9.88 Å². The number of benzene rings is 2. The van der Waals surface area contributed by atoms with E-state index in [1.54, 1.807) is 0 Å². The Labute approximate surface area is 130 Å². The first-order chi connectivity index (χ1) is 10.7. The summed E-state index contributed by atoms with van der Waals surface area (Å²) >= 11 is 0. The highest BCUT2D eigenvalue weighted by molar-refractivity contribution is 5.84. The second-order valence-electron chi connectivity index (χ2n) is 5.54. The van der Waals surface area contributed by atoms with E-state index >= 15 is 0 Å². The number of aromatic nitrogens is 1. The van der Waals surface area contributed by atoms with Crippen molar-refractivity contribution in [2.75, 3.05) is 0 Å². The van der Waals surface area contributed by atoms with Crippen molar-refractivity contribution in [2.24, 2.45) is 7.05 Å². The van der Waals surface area contributed by atoms with Crippen LogP contribution in [0, 0.1) is 0 Å². The van der Waals surface area contributed by atoms with Crippen molar-refractivity contribution in [2.45, 2.75) is 19.4 Å². The molecule has 0 bridgehead atoms. The quantitative estimate of drug-likeness (QED) is 0.768. The second-order valence-corrected chi connectivity index (χ2v) is 5.54. The maximum Gasteiger partial charge on any atom is 0.220 e. The minimum Gasteiger partial charge on any atom is -0.352 e. The molecule has 3 nitrogen and oxygen atoms in total. The number of amides is 1. The van der Waals surface area contributed by atoms with Gasteiger partial charge in [0.2, 0.25) is 5.91 Å². The molecule has 0 aliphatic rings. The van der Waals surface area contributed by atoms with Gasteiger partial charge in [-0.3, -0.25) is 4.79 Å². The van der Waals surface area contributed by atoms with Gasteiger partial charge in [-0.05, 0) is 23.6 Å². The van der Waals surface area contributed by atoms with Crippen LogP contribution in [0.2, 0.25) is 0 Å². The number of hydrogen-bond acceptors (Lipinski definition) is 1. The highest BCUT2D eigenvalue weighted by Crippen LogP contribution is 2.21. The number of fused-ring (bicyclic) bond motifs is 1. The van der Waals surface area contributed by atoms with E-state index in [0.29, 0.717) is 13.0 Å². The molecule has 0 saturated heterocycles. The molecule has 0 unspecified atom stereocenters. The predicted molar refractivity (Wildman–Crippen MR) is 89.5 cm³/mol. The fraction of sp³-hybridized carbons (Fsp3) is 0.211. The van der Waals surface area contributed by atoms with Crippen LogP contribution >= 0.6 is 0 Å². The molecule has 3 rings (SSSR count). The second kappa shape index (κ2) is 6.48. The summed E-state index contributed by atoms with van der Waals surface area (Å²) in [4.78, 5) is 12.0. The molecule has 22 heavy (non-hydrogen) atoms. The maximum absolute atomic E-state index is 12.0. The number of aryl methyl sites for hydroxylation is 2. The Morgan fingerprint density at radius 2 is 1.77 bits per heavy atom. The lowest BCUT2D eigenvalue weighted by Gasteiger charge is -2.05. The van der Waals surface area contributed by atoms with Crippen LogP contribution in [-0.2, 0) is 24.8 Å². The van der Waals surface area contributed by atoms with E-state index in [1.807, 2.05) is 49.5 Å². The Kier molecular flexibility index (Phi) is 4.24. The van der Waals surface area contributed by atoms with Crippen molar-refractivity contribution >= 4 is 16.8 Å². The Morgan fingerprint density at radius 3 is 2.59 bits per heavy atom. The van der Waals surface area contributed by atoms with E-state index in [4.69, 9.17) is 0 Å². The van der Waals surface area contributed by atoms with Crippen molar-refractivity contribution in [3.63, 3.8) is 0 Å². The molecule has 1 amide bonds. The van der Waals surface area contributed by atoms with E-state index in [1.165, 1.54) is 16.5 Å². The summed E-state index contributed by atoms with van der Waals surface area (Å²) in [5, 5.41) is 4.22. The molecule has 1 heterocycles. The third-order valence-electron chi connectivity index (χ3n) is 3.93. The molecule has 1 N–H and O–H groups in total. The molecule has 3 heteroatoms. The fourth-order valence-electron chi connectivity index (χ4n) is 2.76. The van der Waals surface area contributed by atoms with Gasteiger partial charge in [-0.1, -0.05) is 48.5 Å². The van der Waals surface area contributed by atoms with Crippen LogP contribution in [0.4, 0.5) is 0 Å². The van der Waals surface area contributed by atoms with Crippen molar-refractivity contribution in [1.29, 1.82) is 0 Å².